The summed E-state index contributed by atoms with van der Waals surface area (Å²) in [5.74, 6) is 0. The molecule has 106 valence electrons. The molecule has 5 nitrogen and oxygen atoms in total. The van der Waals surface area contributed by atoms with Gasteiger partial charge in [0.25, 0.3) is 0 Å². The lowest BCUT2D eigenvalue weighted by Gasteiger charge is -2.19. The van der Waals surface area contributed by atoms with Crippen molar-refractivity contribution in [2.45, 2.75) is 37.9 Å². The molecule has 1 fully saturated rings. The SMILES string of the molecule is CCC(C(N)=S)S(=O)(=O)NCC1(CCOC)CC1. The highest BCUT2D eigenvalue weighted by atomic mass is 32.2. The third-order valence-corrected chi connectivity index (χ3v) is 5.82. The van der Waals surface area contributed by atoms with Gasteiger partial charge in [-0.3, -0.25) is 0 Å². The molecule has 0 aromatic carbocycles. The number of hydrogen-bond acceptors (Lipinski definition) is 4. The normalized spacial score (nSPS) is 19.4. The average molecular weight is 294 g/mol. The van der Waals surface area contributed by atoms with Gasteiger partial charge < -0.3 is 10.5 Å². The highest BCUT2D eigenvalue weighted by Gasteiger charge is 2.43. The number of sulfonamides is 1. The molecule has 0 saturated heterocycles. The Balaban J connectivity index is 2.54. The van der Waals surface area contributed by atoms with E-state index in [4.69, 9.17) is 22.7 Å². The number of methoxy groups -OCH3 is 1. The first-order chi connectivity index (χ1) is 8.37. The van der Waals surface area contributed by atoms with Gasteiger partial charge in [0.15, 0.2) is 0 Å². The van der Waals surface area contributed by atoms with Crippen molar-refractivity contribution in [2.24, 2.45) is 11.1 Å². The summed E-state index contributed by atoms with van der Waals surface area (Å²) in [5, 5.41) is -0.772. The molecule has 1 rings (SSSR count). The summed E-state index contributed by atoms with van der Waals surface area (Å²) in [4.78, 5) is 0.0340. The zero-order valence-corrected chi connectivity index (χ0v) is 12.6. The largest absolute Gasteiger partial charge is 0.392 e. The first-order valence-electron chi connectivity index (χ1n) is 6.13. The van der Waals surface area contributed by atoms with Crippen LogP contribution in [0.3, 0.4) is 0 Å². The van der Waals surface area contributed by atoms with Crippen LogP contribution in [0, 0.1) is 5.41 Å². The van der Waals surface area contributed by atoms with Crippen LogP contribution in [-0.2, 0) is 14.8 Å². The zero-order chi connectivity index (χ0) is 13.8. The third-order valence-electron chi connectivity index (χ3n) is 3.50. The van der Waals surface area contributed by atoms with E-state index in [0.717, 1.165) is 19.3 Å². The van der Waals surface area contributed by atoms with E-state index in [0.29, 0.717) is 19.6 Å². The van der Waals surface area contributed by atoms with E-state index in [-0.39, 0.29) is 10.4 Å². The molecule has 1 aliphatic carbocycles. The summed E-state index contributed by atoms with van der Waals surface area (Å²) in [7, 11) is -1.79. The fourth-order valence-corrected chi connectivity index (χ4v) is 3.94. The van der Waals surface area contributed by atoms with Gasteiger partial charge in [-0.15, -0.1) is 0 Å². The van der Waals surface area contributed by atoms with Crippen molar-refractivity contribution in [1.82, 2.24) is 4.72 Å². The lowest BCUT2D eigenvalue weighted by Crippen LogP contribution is -2.43. The minimum absolute atomic E-state index is 0.0340. The Morgan fingerprint density at radius 2 is 2.17 bits per heavy atom. The van der Waals surface area contributed by atoms with Crippen LogP contribution in [0.15, 0.2) is 0 Å². The Labute approximate surface area is 115 Å². The molecule has 3 N–H and O–H groups in total. The minimum atomic E-state index is -3.45. The molecule has 1 aliphatic rings. The fraction of sp³-hybridized carbons (Fsp3) is 0.909. The van der Waals surface area contributed by atoms with Crippen LogP contribution in [0.1, 0.15) is 32.6 Å². The summed E-state index contributed by atoms with van der Waals surface area (Å²) in [6, 6.07) is 0. The van der Waals surface area contributed by atoms with Crippen LogP contribution >= 0.6 is 12.2 Å². The second kappa shape index (κ2) is 6.27. The quantitative estimate of drug-likeness (QED) is 0.614. The molecular formula is C11H22N2O3S2. The van der Waals surface area contributed by atoms with Crippen molar-refractivity contribution >= 4 is 27.2 Å². The summed E-state index contributed by atoms with van der Waals surface area (Å²) in [6.07, 6.45) is 3.37. The first kappa shape index (κ1) is 15.8. The van der Waals surface area contributed by atoms with Crippen molar-refractivity contribution in [3.05, 3.63) is 0 Å². The Morgan fingerprint density at radius 1 is 1.56 bits per heavy atom. The van der Waals surface area contributed by atoms with E-state index in [9.17, 15) is 8.42 Å². The molecule has 0 aliphatic heterocycles. The molecule has 0 radical (unpaired) electrons. The summed E-state index contributed by atoms with van der Waals surface area (Å²) >= 11 is 4.80. The van der Waals surface area contributed by atoms with Crippen molar-refractivity contribution in [3.63, 3.8) is 0 Å². The number of thiocarbonyl (C=S) groups is 1. The lowest BCUT2D eigenvalue weighted by molar-refractivity contribution is 0.173. The molecule has 0 aromatic rings. The molecule has 7 heteroatoms. The van der Waals surface area contributed by atoms with Gasteiger partial charge in [-0.25, -0.2) is 13.1 Å². The average Bonchev–Trinajstić information content (AvgIpc) is 3.05. The predicted molar refractivity (Wildman–Crippen MR) is 75.9 cm³/mol. The second-order valence-electron chi connectivity index (χ2n) is 4.91. The number of hydrogen-bond donors (Lipinski definition) is 2. The topological polar surface area (TPSA) is 81.4 Å². The van der Waals surface area contributed by atoms with Gasteiger partial charge in [-0.05, 0) is 31.1 Å². The van der Waals surface area contributed by atoms with Gasteiger partial charge in [0, 0.05) is 20.3 Å². The number of ether oxygens (including phenoxy) is 1. The van der Waals surface area contributed by atoms with Crippen LogP contribution in [0.5, 0.6) is 0 Å². The van der Waals surface area contributed by atoms with Gasteiger partial charge in [0.05, 0.1) is 4.99 Å². The molecule has 18 heavy (non-hydrogen) atoms. The van der Waals surface area contributed by atoms with Gasteiger partial charge >= 0.3 is 0 Å². The standard InChI is InChI=1S/C11H22N2O3S2/c1-3-9(10(12)17)18(14,15)13-8-11(4-5-11)6-7-16-2/h9,13H,3-8H2,1-2H3,(H2,12,17). The van der Waals surface area contributed by atoms with E-state index in [2.05, 4.69) is 4.72 Å². The van der Waals surface area contributed by atoms with Gasteiger partial charge in [0.2, 0.25) is 10.0 Å². The Kier molecular flexibility index (Phi) is 5.51. The van der Waals surface area contributed by atoms with Crippen molar-refractivity contribution in [3.8, 4) is 0 Å². The molecule has 0 heterocycles. The van der Waals surface area contributed by atoms with Crippen LogP contribution in [0.4, 0.5) is 0 Å². The number of nitrogens with two attached hydrogens (primary N) is 1. The predicted octanol–water partition coefficient (Wildman–Crippen LogP) is 0.787. The van der Waals surface area contributed by atoms with Crippen LogP contribution in [0.2, 0.25) is 0 Å². The Bertz CT molecular complexity index is 391. The van der Waals surface area contributed by atoms with Crippen LogP contribution in [0.25, 0.3) is 0 Å². The van der Waals surface area contributed by atoms with E-state index in [1.807, 2.05) is 0 Å². The second-order valence-corrected chi connectivity index (χ2v) is 7.33. The first-order valence-corrected chi connectivity index (χ1v) is 8.09. The summed E-state index contributed by atoms with van der Waals surface area (Å²) in [5.41, 5.74) is 5.54. The summed E-state index contributed by atoms with van der Waals surface area (Å²) in [6.45, 7) is 2.88. The molecule has 0 amide bonds. The van der Waals surface area contributed by atoms with E-state index in [1.165, 1.54) is 0 Å². The van der Waals surface area contributed by atoms with Crippen molar-refractivity contribution in [1.29, 1.82) is 0 Å². The smallest absolute Gasteiger partial charge is 0.221 e. The Morgan fingerprint density at radius 3 is 2.56 bits per heavy atom. The maximum atomic E-state index is 12.0. The summed E-state index contributed by atoms with van der Waals surface area (Å²) < 4.78 is 31.8. The highest BCUT2D eigenvalue weighted by Crippen LogP contribution is 2.48. The molecule has 0 bridgehead atoms. The maximum absolute atomic E-state index is 12.0. The van der Waals surface area contributed by atoms with Crippen LogP contribution in [-0.4, -0.2) is 38.9 Å². The number of rotatable bonds is 9. The monoisotopic (exact) mass is 294 g/mol. The molecule has 0 spiro atoms. The van der Waals surface area contributed by atoms with E-state index < -0.39 is 15.3 Å². The Hall–Kier alpha value is -0.240. The highest BCUT2D eigenvalue weighted by molar-refractivity contribution is 7.93. The van der Waals surface area contributed by atoms with Gasteiger partial charge in [-0.2, -0.15) is 0 Å². The van der Waals surface area contributed by atoms with Crippen molar-refractivity contribution in [2.75, 3.05) is 20.3 Å². The minimum Gasteiger partial charge on any atom is -0.392 e. The molecular weight excluding hydrogens is 272 g/mol. The van der Waals surface area contributed by atoms with E-state index in [1.54, 1.807) is 14.0 Å². The molecule has 1 saturated carbocycles. The molecule has 0 aromatic heterocycles. The van der Waals surface area contributed by atoms with Crippen LogP contribution < -0.4 is 10.5 Å². The third kappa shape index (κ3) is 4.15. The fourth-order valence-electron chi connectivity index (χ4n) is 1.94. The zero-order valence-electron chi connectivity index (χ0n) is 10.9. The van der Waals surface area contributed by atoms with E-state index >= 15 is 0 Å². The molecule has 1 atom stereocenters. The maximum Gasteiger partial charge on any atom is 0.221 e. The number of nitrogens with one attached hydrogen (secondary N) is 1. The molecule has 1 unspecified atom stereocenters. The lowest BCUT2D eigenvalue weighted by atomic mass is 10.0. The van der Waals surface area contributed by atoms with Crippen molar-refractivity contribution < 1.29 is 13.2 Å². The van der Waals surface area contributed by atoms with Gasteiger partial charge in [-0.1, -0.05) is 19.1 Å². The van der Waals surface area contributed by atoms with Gasteiger partial charge in [0.1, 0.15) is 5.25 Å².